The molecule has 1 unspecified atom stereocenters. The van der Waals surface area contributed by atoms with Crippen LogP contribution < -0.4 is 5.73 Å². The molecule has 0 bridgehead atoms. The topological polar surface area (TPSA) is 29.3 Å². The monoisotopic (exact) mass is 286 g/mol. The van der Waals surface area contributed by atoms with E-state index in [1.807, 2.05) is 0 Å². The number of fused-ring (bicyclic) bond motifs is 1. The van der Waals surface area contributed by atoms with E-state index in [1.165, 1.54) is 58.0 Å². The quantitative estimate of drug-likeness (QED) is 0.808. The van der Waals surface area contributed by atoms with Crippen molar-refractivity contribution in [3.05, 3.63) is 35.4 Å². The van der Waals surface area contributed by atoms with Gasteiger partial charge in [0.15, 0.2) is 0 Å². The van der Waals surface area contributed by atoms with Crippen molar-refractivity contribution in [1.82, 2.24) is 4.90 Å². The van der Waals surface area contributed by atoms with Crippen molar-refractivity contribution in [2.24, 2.45) is 5.73 Å². The minimum Gasteiger partial charge on any atom is -0.330 e. The van der Waals surface area contributed by atoms with Crippen molar-refractivity contribution >= 4 is 0 Å². The molecule has 3 rings (SSSR count). The Hall–Kier alpha value is -0.860. The molecule has 1 fully saturated rings. The summed E-state index contributed by atoms with van der Waals surface area (Å²) in [6, 6.07) is 9.80. The zero-order valence-corrected chi connectivity index (χ0v) is 13.3. The van der Waals surface area contributed by atoms with E-state index in [9.17, 15) is 0 Å². The van der Waals surface area contributed by atoms with Crippen molar-refractivity contribution in [2.75, 3.05) is 19.6 Å². The lowest BCUT2D eigenvalue weighted by molar-refractivity contribution is 0.162. The first-order valence-electron chi connectivity index (χ1n) is 8.90. The molecule has 0 radical (unpaired) electrons. The van der Waals surface area contributed by atoms with Gasteiger partial charge < -0.3 is 5.73 Å². The molecule has 2 aliphatic rings. The number of hydrogen-bond donors (Lipinski definition) is 1. The molecule has 0 saturated heterocycles. The van der Waals surface area contributed by atoms with E-state index >= 15 is 0 Å². The molecule has 1 aromatic rings. The van der Waals surface area contributed by atoms with Crippen molar-refractivity contribution < 1.29 is 0 Å². The predicted octanol–water partition coefficient (Wildman–Crippen LogP) is 3.70. The summed E-state index contributed by atoms with van der Waals surface area (Å²) in [6.07, 6.45) is 10.9. The summed E-state index contributed by atoms with van der Waals surface area (Å²) < 4.78 is 0. The molecule has 0 spiro atoms. The predicted molar refractivity (Wildman–Crippen MR) is 89.6 cm³/mol. The lowest BCUT2D eigenvalue weighted by Crippen LogP contribution is -2.41. The molecule has 2 nitrogen and oxygen atoms in total. The normalized spacial score (nSPS) is 22.7. The van der Waals surface area contributed by atoms with Crippen LogP contribution in [-0.4, -0.2) is 30.6 Å². The first kappa shape index (κ1) is 15.1. The molecule has 116 valence electrons. The summed E-state index contributed by atoms with van der Waals surface area (Å²) in [7, 11) is 0. The summed E-state index contributed by atoms with van der Waals surface area (Å²) in [4.78, 5) is 2.78. The Bertz CT molecular complexity index is 435. The van der Waals surface area contributed by atoms with Crippen molar-refractivity contribution in [2.45, 2.75) is 63.3 Å². The molecule has 1 aromatic carbocycles. The third kappa shape index (κ3) is 3.67. The Morgan fingerprint density at radius 1 is 1.05 bits per heavy atom. The summed E-state index contributed by atoms with van der Waals surface area (Å²) in [5.41, 5.74) is 8.94. The van der Waals surface area contributed by atoms with E-state index in [1.54, 1.807) is 11.1 Å². The largest absolute Gasteiger partial charge is 0.330 e. The van der Waals surface area contributed by atoms with Gasteiger partial charge in [-0.05, 0) is 49.9 Å². The van der Waals surface area contributed by atoms with Crippen LogP contribution in [-0.2, 0) is 6.42 Å². The molecular weight excluding hydrogens is 256 g/mol. The van der Waals surface area contributed by atoms with E-state index in [2.05, 4.69) is 29.2 Å². The minimum atomic E-state index is 0.766. The van der Waals surface area contributed by atoms with Crippen molar-refractivity contribution in [1.29, 1.82) is 0 Å². The van der Waals surface area contributed by atoms with Gasteiger partial charge in [0, 0.05) is 18.5 Å². The lowest BCUT2D eigenvalue weighted by Gasteiger charge is -2.38. The highest BCUT2D eigenvalue weighted by atomic mass is 15.2. The molecule has 2 heteroatoms. The number of rotatable bonds is 6. The zero-order valence-electron chi connectivity index (χ0n) is 13.3. The van der Waals surface area contributed by atoms with Crippen LogP contribution in [0.4, 0.5) is 0 Å². The Balaban J connectivity index is 1.62. The van der Waals surface area contributed by atoms with Crippen LogP contribution in [0, 0.1) is 0 Å². The summed E-state index contributed by atoms with van der Waals surface area (Å²) in [5.74, 6) is 0.766. The molecule has 0 heterocycles. The van der Waals surface area contributed by atoms with Crippen LogP contribution in [0.25, 0.3) is 0 Å². The van der Waals surface area contributed by atoms with Gasteiger partial charge >= 0.3 is 0 Å². The van der Waals surface area contributed by atoms with Gasteiger partial charge in [-0.25, -0.2) is 0 Å². The second kappa shape index (κ2) is 7.42. The maximum absolute atomic E-state index is 5.76. The van der Waals surface area contributed by atoms with E-state index < -0.39 is 0 Å². The zero-order chi connectivity index (χ0) is 14.5. The smallest absolute Gasteiger partial charge is 0.00955 e. The van der Waals surface area contributed by atoms with Crippen LogP contribution in [0.1, 0.15) is 62.0 Å². The van der Waals surface area contributed by atoms with Gasteiger partial charge in [0.05, 0.1) is 0 Å². The number of nitrogens with zero attached hydrogens (tertiary/aromatic N) is 1. The molecule has 1 atom stereocenters. The van der Waals surface area contributed by atoms with Gasteiger partial charge in [0.1, 0.15) is 0 Å². The van der Waals surface area contributed by atoms with E-state index in [0.717, 1.165) is 24.9 Å². The molecule has 2 N–H and O–H groups in total. The molecule has 21 heavy (non-hydrogen) atoms. The average molecular weight is 286 g/mol. The van der Waals surface area contributed by atoms with E-state index in [0.29, 0.717) is 0 Å². The maximum Gasteiger partial charge on any atom is 0.00955 e. The van der Waals surface area contributed by atoms with Gasteiger partial charge in [-0.1, -0.05) is 49.9 Å². The second-order valence-electron chi connectivity index (χ2n) is 6.88. The third-order valence-electron chi connectivity index (χ3n) is 5.41. The molecule has 0 amide bonds. The van der Waals surface area contributed by atoms with Crippen LogP contribution in [0.2, 0.25) is 0 Å². The fraction of sp³-hybridized carbons (Fsp3) is 0.684. The second-order valence-corrected chi connectivity index (χ2v) is 6.88. The van der Waals surface area contributed by atoms with Crippen LogP contribution in [0.3, 0.4) is 0 Å². The number of hydrogen-bond acceptors (Lipinski definition) is 2. The van der Waals surface area contributed by atoms with E-state index in [4.69, 9.17) is 5.73 Å². The average Bonchev–Trinajstić information content (AvgIpc) is 2.77. The van der Waals surface area contributed by atoms with Gasteiger partial charge in [-0.15, -0.1) is 0 Å². The number of benzene rings is 1. The first-order valence-corrected chi connectivity index (χ1v) is 8.90. The van der Waals surface area contributed by atoms with Crippen LogP contribution >= 0.6 is 0 Å². The fourth-order valence-electron chi connectivity index (χ4n) is 4.15. The summed E-state index contributed by atoms with van der Waals surface area (Å²) in [5, 5.41) is 0. The van der Waals surface area contributed by atoms with Crippen molar-refractivity contribution in [3.8, 4) is 0 Å². The molecule has 0 aromatic heterocycles. The summed E-state index contributed by atoms with van der Waals surface area (Å²) in [6.45, 7) is 3.27. The molecule has 1 saturated carbocycles. The third-order valence-corrected chi connectivity index (χ3v) is 5.41. The van der Waals surface area contributed by atoms with Gasteiger partial charge in [0.25, 0.3) is 0 Å². The standard InChI is InChI=1S/C19H30N2/c20-12-7-13-21(18-9-3-1-2-4-10-18)15-17-14-16-8-5-6-11-19(16)17/h5-6,8,11,17-18H,1-4,7,9-10,12-15,20H2. The summed E-state index contributed by atoms with van der Waals surface area (Å²) >= 11 is 0. The Labute approximate surface area is 129 Å². The van der Waals surface area contributed by atoms with Crippen LogP contribution in [0.5, 0.6) is 0 Å². The van der Waals surface area contributed by atoms with Crippen molar-refractivity contribution in [3.63, 3.8) is 0 Å². The Kier molecular flexibility index (Phi) is 5.32. The minimum absolute atomic E-state index is 0.766. The fourth-order valence-corrected chi connectivity index (χ4v) is 4.15. The lowest BCUT2D eigenvalue weighted by atomic mass is 9.77. The highest BCUT2D eigenvalue weighted by Gasteiger charge is 2.29. The van der Waals surface area contributed by atoms with Gasteiger partial charge in [-0.2, -0.15) is 0 Å². The maximum atomic E-state index is 5.76. The molecule has 0 aliphatic heterocycles. The van der Waals surface area contributed by atoms with Gasteiger partial charge in [0.2, 0.25) is 0 Å². The first-order chi connectivity index (χ1) is 10.4. The van der Waals surface area contributed by atoms with Crippen LogP contribution in [0.15, 0.2) is 24.3 Å². The Morgan fingerprint density at radius 2 is 1.81 bits per heavy atom. The molecular formula is C19H30N2. The van der Waals surface area contributed by atoms with Gasteiger partial charge in [-0.3, -0.25) is 4.90 Å². The Morgan fingerprint density at radius 3 is 2.52 bits per heavy atom. The molecule has 2 aliphatic carbocycles. The SMILES string of the molecule is NCCCN(CC1Cc2ccccc21)C1CCCCCC1. The highest BCUT2D eigenvalue weighted by Crippen LogP contribution is 2.36. The highest BCUT2D eigenvalue weighted by molar-refractivity contribution is 5.40. The number of nitrogens with two attached hydrogens (primary N) is 1. The van der Waals surface area contributed by atoms with E-state index in [-0.39, 0.29) is 0 Å².